The van der Waals surface area contributed by atoms with Crippen LogP contribution in [0.25, 0.3) is 0 Å². The molecule has 512 valence electrons. The van der Waals surface area contributed by atoms with Gasteiger partial charge in [-0.2, -0.15) is 6.92 Å². The third-order valence-corrected chi connectivity index (χ3v) is 7.78. The van der Waals surface area contributed by atoms with Crippen molar-refractivity contribution in [2.24, 2.45) is 0 Å². The molecule has 0 aliphatic heterocycles. The summed E-state index contributed by atoms with van der Waals surface area (Å²) in [5, 5.41) is 0. The molecular formula is C127H2-2. The van der Waals surface area contributed by atoms with Crippen LogP contribution in [0.1, 0.15) is 0 Å². The molecule has 0 radical (unpaired) electrons. The van der Waals surface area contributed by atoms with E-state index in [1.807, 2.05) is 5.92 Å². The third kappa shape index (κ3) is 98.2. The summed E-state index contributed by atoms with van der Waals surface area (Å²) in [6, 6.07) is 0. The number of hydrogen-bond donors (Lipinski definition) is 0. The Hall–Kier alpha value is -27.8. The number of hydrogen-bond acceptors (Lipinski definition) is 0. The van der Waals surface area contributed by atoms with Gasteiger partial charge >= 0.3 is 0 Å². The molecule has 0 heteroatoms. The van der Waals surface area contributed by atoms with Crippen LogP contribution in [0.4, 0.5) is 0 Å². The lowest BCUT2D eigenvalue weighted by molar-refractivity contribution is 2.31. The predicted molar refractivity (Wildman–Crippen MR) is 495 cm³/mol. The second kappa shape index (κ2) is 98.2. The first-order valence-electron chi connectivity index (χ1n) is 31.6. The fraction of sp³-hybridized carbons (Fsp3) is 0. The number of rotatable bonds is 0. The van der Waals surface area contributed by atoms with E-state index in [1.54, 1.807) is 0 Å². The normalized spacial score (nSPS) is 3.96. The van der Waals surface area contributed by atoms with Crippen molar-refractivity contribution >= 4 is 0 Å². The summed E-state index contributed by atoms with van der Waals surface area (Å²) < 4.78 is 0. The highest BCUT2D eigenvalue weighted by atomic mass is 13.7. The van der Waals surface area contributed by atoms with Crippen molar-refractivity contribution in [3.05, 3.63) is 13.3 Å². The van der Waals surface area contributed by atoms with E-state index in [1.165, 1.54) is 0 Å². The lowest BCUT2D eigenvalue weighted by atomic mass is 10.4. The van der Waals surface area contributed by atoms with Gasteiger partial charge in [0.1, 0.15) is 0 Å². The quantitative estimate of drug-likeness (QED) is 0.247. The summed E-state index contributed by atoms with van der Waals surface area (Å²) in [5.41, 5.74) is 0. The Balaban J connectivity index is 4.65. The average molecular weight is 1530 g/mol. The molecule has 0 aliphatic carbocycles. The van der Waals surface area contributed by atoms with E-state index in [0.29, 0.717) is 0 Å². The molecule has 0 heterocycles. The maximum absolute atomic E-state index is 6.59. The first-order valence-corrected chi connectivity index (χ1v) is 31.6. The van der Waals surface area contributed by atoms with Crippen LogP contribution in [0, 0.1) is 753 Å². The highest BCUT2D eigenvalue weighted by molar-refractivity contribution is 5.58. The van der Waals surface area contributed by atoms with Crippen LogP contribution in [-0.4, -0.2) is 0 Å². The van der Waals surface area contributed by atoms with Crippen LogP contribution >= 0.6 is 0 Å². The van der Waals surface area contributed by atoms with Crippen molar-refractivity contribution in [2.45, 2.75) is 0 Å². The Morgan fingerprint density at radius 2 is 0.102 bits per heavy atom. The topological polar surface area (TPSA) is 0 Å². The minimum Gasteiger partial charge on any atom is -0.358 e. The van der Waals surface area contributed by atoms with E-state index < -0.39 is 0 Å². The van der Waals surface area contributed by atoms with Crippen LogP contribution in [0.3, 0.4) is 0 Å². The molecule has 0 aromatic rings. The predicted octanol–water partition coefficient (Wildman–Crippen LogP) is 0.621. The molecule has 0 aromatic heterocycles. The van der Waals surface area contributed by atoms with Gasteiger partial charge in [0.15, 0.2) is 0 Å². The zero-order valence-corrected chi connectivity index (χ0v) is 63.7. The maximum atomic E-state index is 6.59. The van der Waals surface area contributed by atoms with Crippen LogP contribution in [-0.2, 0) is 0 Å². The Labute approximate surface area is 748 Å². The zero-order valence-electron chi connectivity index (χ0n) is 63.7. The molecule has 0 atom stereocenters. The third-order valence-electron chi connectivity index (χ3n) is 7.78. The van der Waals surface area contributed by atoms with Crippen molar-refractivity contribution in [1.29, 1.82) is 0 Å². The molecule has 0 N–H and O–H groups in total. The summed E-state index contributed by atoms with van der Waals surface area (Å²) in [6.07, 6.45) is 6.59. The second-order valence-corrected chi connectivity index (χ2v) is 15.7. The van der Waals surface area contributed by atoms with E-state index in [-0.39, 0.29) is 0 Å². The summed E-state index contributed by atoms with van der Waals surface area (Å²) in [5.74, 6) is 311. The first kappa shape index (κ1) is 99.2. The van der Waals surface area contributed by atoms with Crippen molar-refractivity contribution in [3.8, 4) is 740 Å². The van der Waals surface area contributed by atoms with Crippen molar-refractivity contribution in [3.63, 3.8) is 0 Å². The SMILES string of the molecule is [C-]#CC#CC#CC#CC#CC#CC#CC#CC#CC#CC#CC#CC#CC#CC#CC#CC#CC#CC#CC#CC#CC#CC#CC#CC#CC#CC#CC#CC#CC#CC#CC#CC#CC#CC#CC#CC#CC#CC#CC#CC#CC#CC#CC#CC#CC#CC#CC#CC#CC#CC#CC#CC#CC#CC#CC#CC#CC#CC#CC#CC#CC#CC#C[CH2-]. The fourth-order valence-electron chi connectivity index (χ4n) is 3.86. The van der Waals surface area contributed by atoms with E-state index in [9.17, 15) is 0 Å². The standard InChI is InChI=1S/C127H2/c1-3-5-7-9-11-13-15-17-19-21-23-25-27-29-31-33-35-37-39-41-43-45-47-49-51-53-55-57-59-61-63-65-67-69-71-73-75-77-79-81-83-85-87-89-91-93-95-97-99-101-103-105-107-109-111-113-115-117-119-121-123-125-127-126-124-122-120-118-116-114-112-110-108-106-104-102-100-98-96-94-92-90-88-86-84-82-80-78-76-74-72-70-68-66-64-62-60-58-56-54-52-50-48-46-44-42-40-38-36-34-32-30-28-26-24-22-20-18-16-14-12-10-8-6-4-2/h1H2/q-2. The highest BCUT2D eigenvalue weighted by Gasteiger charge is 1.69. The monoisotopic (exact) mass is 1530 g/mol. The minimum absolute atomic E-state index is 1.87. The molecule has 0 aliphatic rings. The fourth-order valence-corrected chi connectivity index (χ4v) is 3.86. The molecule has 0 unspecified atom stereocenters. The molecule has 127 heavy (non-hydrogen) atoms. The van der Waals surface area contributed by atoms with Crippen molar-refractivity contribution < 1.29 is 0 Å². The molecular weight excluding hydrogens is 1530 g/mol. The van der Waals surface area contributed by atoms with Gasteiger partial charge in [0.05, 0.1) is 0 Å². The van der Waals surface area contributed by atoms with Gasteiger partial charge in [-0.1, -0.05) is 0 Å². The Morgan fingerprint density at radius 1 is 0.0630 bits per heavy atom. The molecule has 0 spiro atoms. The summed E-state index contributed by atoms with van der Waals surface area (Å²) in [4.78, 5) is 0. The van der Waals surface area contributed by atoms with Crippen LogP contribution < -0.4 is 0 Å². The van der Waals surface area contributed by atoms with Gasteiger partial charge in [0.25, 0.3) is 0 Å². The largest absolute Gasteiger partial charge is 0.358 e. The summed E-state index contributed by atoms with van der Waals surface area (Å²) in [7, 11) is 0. The minimum atomic E-state index is 1.87. The van der Waals surface area contributed by atoms with Gasteiger partial charge in [-0.3, -0.25) is 11.8 Å². The van der Waals surface area contributed by atoms with E-state index in [2.05, 4.69) is 741 Å². The molecule has 0 saturated heterocycles. The Bertz CT molecular complexity index is 8870. The second-order valence-electron chi connectivity index (χ2n) is 15.7. The molecule has 0 bridgehead atoms. The van der Waals surface area contributed by atoms with Gasteiger partial charge in [-0.25, -0.2) is 11.8 Å². The van der Waals surface area contributed by atoms with Crippen LogP contribution in [0.2, 0.25) is 0 Å². The molecule has 0 rings (SSSR count). The zero-order chi connectivity index (χ0) is 90.4. The summed E-state index contributed by atoms with van der Waals surface area (Å²) >= 11 is 0. The molecule has 0 fully saturated rings. The van der Waals surface area contributed by atoms with Gasteiger partial charge in [0.2, 0.25) is 0 Å². The van der Waals surface area contributed by atoms with Gasteiger partial charge < -0.3 is 6.42 Å². The lowest BCUT2D eigenvalue weighted by Crippen LogP contribution is -1.57. The Morgan fingerprint density at radius 3 is 0.142 bits per heavy atom. The molecule has 0 aromatic carbocycles. The smallest absolute Gasteiger partial charge is 0 e. The van der Waals surface area contributed by atoms with Gasteiger partial charge in [-0.15, -0.1) is 11.8 Å². The Kier molecular flexibility index (Phi) is 76.6. The molecule has 0 nitrogen and oxygen atoms in total. The van der Waals surface area contributed by atoms with E-state index >= 15 is 0 Å². The van der Waals surface area contributed by atoms with Gasteiger partial charge in [-0.05, 0) is 94.7 Å². The van der Waals surface area contributed by atoms with Crippen molar-refractivity contribution in [2.75, 3.05) is 0 Å². The van der Waals surface area contributed by atoms with E-state index in [0.717, 1.165) is 0 Å². The van der Waals surface area contributed by atoms with Gasteiger partial charge in [0, 0.05) is 610 Å². The first-order chi connectivity index (χ1) is 63.4. The molecule has 0 saturated carbocycles. The molecule has 0 amide bonds. The maximum Gasteiger partial charge on any atom is 0 e. The van der Waals surface area contributed by atoms with Crippen LogP contribution in [0.15, 0.2) is 0 Å². The van der Waals surface area contributed by atoms with Crippen molar-refractivity contribution in [1.82, 2.24) is 0 Å². The average Bonchev–Trinajstić information content (AvgIpc) is 1.16. The lowest BCUT2D eigenvalue weighted by Gasteiger charge is -1.64. The summed E-state index contributed by atoms with van der Waals surface area (Å²) in [6.45, 7) is 3.32. The van der Waals surface area contributed by atoms with E-state index in [4.69, 9.17) is 6.42 Å². The highest BCUT2D eigenvalue weighted by Crippen LogP contribution is 1.70. The van der Waals surface area contributed by atoms with Crippen LogP contribution in [0.5, 0.6) is 0 Å².